The molecular weight excluding hydrogens is 445 g/mol. The van der Waals surface area contributed by atoms with Crippen molar-refractivity contribution in [1.82, 2.24) is 19.9 Å². The highest BCUT2D eigenvalue weighted by Crippen LogP contribution is 2.41. The molecule has 0 bridgehead atoms. The number of nitrogens with zero attached hydrogens (tertiary/aromatic N) is 5. The maximum atomic E-state index is 13.6. The first-order valence-electron chi connectivity index (χ1n) is 9.82. The standard InChI is InChI=1S/C21H20ClF3N6O/c1-2-18(32)30-5-7-31(8-6-30)20-13-9-15(22)12(10-16(13)27-11-28-20)19-14(21(23,24)25)3-4-17(26)29-19/h2-4,9-11,32H,5-8H2,1H3,(H2,26,29)/b18-2-. The Morgan fingerprint density at radius 1 is 1.16 bits per heavy atom. The van der Waals surface area contributed by atoms with E-state index in [0.29, 0.717) is 42.9 Å². The van der Waals surface area contributed by atoms with Gasteiger partial charge in [0, 0.05) is 37.1 Å². The fourth-order valence-corrected chi connectivity index (χ4v) is 3.99. The maximum Gasteiger partial charge on any atom is 0.418 e. The molecule has 1 saturated heterocycles. The van der Waals surface area contributed by atoms with Crippen LogP contribution in [0.15, 0.2) is 42.6 Å². The van der Waals surface area contributed by atoms with Gasteiger partial charge in [-0.2, -0.15) is 13.2 Å². The van der Waals surface area contributed by atoms with E-state index in [-0.39, 0.29) is 28.0 Å². The van der Waals surface area contributed by atoms with E-state index in [1.807, 2.05) is 9.80 Å². The van der Waals surface area contributed by atoms with E-state index in [1.54, 1.807) is 19.1 Å². The van der Waals surface area contributed by atoms with Crippen LogP contribution in [-0.4, -0.2) is 51.1 Å². The van der Waals surface area contributed by atoms with Gasteiger partial charge in [0.05, 0.1) is 21.8 Å². The Balaban J connectivity index is 1.76. The van der Waals surface area contributed by atoms with Gasteiger partial charge >= 0.3 is 6.18 Å². The summed E-state index contributed by atoms with van der Waals surface area (Å²) in [5, 5.41) is 10.6. The first-order valence-corrected chi connectivity index (χ1v) is 10.2. The van der Waals surface area contributed by atoms with Gasteiger partial charge in [-0.15, -0.1) is 0 Å². The van der Waals surface area contributed by atoms with Crippen LogP contribution in [-0.2, 0) is 6.18 Å². The third-order valence-electron chi connectivity index (χ3n) is 5.34. The third-order valence-corrected chi connectivity index (χ3v) is 5.65. The minimum Gasteiger partial charge on any atom is -0.495 e. The highest BCUT2D eigenvalue weighted by Gasteiger charge is 2.35. The molecule has 0 radical (unpaired) electrons. The Labute approximate surface area is 187 Å². The Bertz CT molecular complexity index is 1190. The van der Waals surface area contributed by atoms with Gasteiger partial charge in [0.15, 0.2) is 5.88 Å². The number of aliphatic hydroxyl groups excluding tert-OH is 1. The van der Waals surface area contributed by atoms with Crippen LogP contribution in [0.25, 0.3) is 22.2 Å². The zero-order valence-electron chi connectivity index (χ0n) is 17.1. The predicted molar refractivity (Wildman–Crippen MR) is 117 cm³/mol. The number of aliphatic hydroxyl groups is 1. The number of alkyl halides is 3. The smallest absolute Gasteiger partial charge is 0.418 e. The topological polar surface area (TPSA) is 91.4 Å². The highest BCUT2D eigenvalue weighted by atomic mass is 35.5. The van der Waals surface area contributed by atoms with Crippen molar-refractivity contribution in [2.24, 2.45) is 0 Å². The largest absolute Gasteiger partial charge is 0.495 e. The number of nitrogen functional groups attached to an aromatic ring is 1. The first kappa shape index (κ1) is 21.9. The van der Waals surface area contributed by atoms with Crippen LogP contribution in [0.4, 0.5) is 24.8 Å². The molecule has 0 atom stereocenters. The van der Waals surface area contributed by atoms with Crippen molar-refractivity contribution in [2.75, 3.05) is 36.8 Å². The molecule has 3 heterocycles. The lowest BCUT2D eigenvalue weighted by Gasteiger charge is -2.36. The highest BCUT2D eigenvalue weighted by molar-refractivity contribution is 6.34. The monoisotopic (exact) mass is 464 g/mol. The fourth-order valence-electron chi connectivity index (χ4n) is 3.73. The van der Waals surface area contributed by atoms with Crippen molar-refractivity contribution in [2.45, 2.75) is 13.1 Å². The zero-order chi connectivity index (χ0) is 23.0. The Morgan fingerprint density at radius 3 is 2.53 bits per heavy atom. The molecule has 3 N–H and O–H groups in total. The molecule has 0 unspecified atom stereocenters. The van der Waals surface area contributed by atoms with Crippen LogP contribution in [0, 0.1) is 0 Å². The number of halogens is 4. The van der Waals surface area contributed by atoms with Crippen LogP contribution in [0.2, 0.25) is 5.02 Å². The lowest BCUT2D eigenvalue weighted by atomic mass is 10.0. The minimum atomic E-state index is -4.62. The second-order valence-electron chi connectivity index (χ2n) is 7.30. The number of pyridine rings is 1. The number of hydrogen-bond acceptors (Lipinski definition) is 7. The SMILES string of the molecule is C/C=C(\O)N1CCN(c2ncnc3cc(-c4nc(N)ccc4C(F)(F)F)c(Cl)cc23)CC1. The van der Waals surface area contributed by atoms with Gasteiger partial charge in [-0.05, 0) is 37.3 Å². The lowest BCUT2D eigenvalue weighted by molar-refractivity contribution is -0.137. The van der Waals surface area contributed by atoms with Crippen LogP contribution >= 0.6 is 11.6 Å². The average molecular weight is 465 g/mol. The van der Waals surface area contributed by atoms with Gasteiger partial charge in [0.2, 0.25) is 0 Å². The summed E-state index contributed by atoms with van der Waals surface area (Å²) in [7, 11) is 0. The number of nitrogens with two attached hydrogens (primary N) is 1. The molecule has 0 amide bonds. The van der Waals surface area contributed by atoms with Gasteiger partial charge < -0.3 is 20.6 Å². The molecule has 0 saturated carbocycles. The van der Waals surface area contributed by atoms with Crippen LogP contribution in [0.5, 0.6) is 0 Å². The second-order valence-corrected chi connectivity index (χ2v) is 7.70. The summed E-state index contributed by atoms with van der Waals surface area (Å²) >= 11 is 6.44. The van der Waals surface area contributed by atoms with Crippen LogP contribution in [0.1, 0.15) is 12.5 Å². The molecule has 1 fully saturated rings. The first-order chi connectivity index (χ1) is 15.2. The van der Waals surface area contributed by atoms with Crippen molar-refractivity contribution >= 4 is 34.1 Å². The summed E-state index contributed by atoms with van der Waals surface area (Å²) in [5.41, 5.74) is 4.90. The second kappa shape index (κ2) is 8.34. The van der Waals surface area contributed by atoms with Crippen LogP contribution < -0.4 is 10.6 Å². The molecule has 3 aromatic rings. The molecule has 1 aromatic carbocycles. The summed E-state index contributed by atoms with van der Waals surface area (Å²) in [6.07, 6.45) is -1.62. The quantitative estimate of drug-likeness (QED) is 0.552. The van der Waals surface area contributed by atoms with Crippen molar-refractivity contribution in [1.29, 1.82) is 0 Å². The van der Waals surface area contributed by atoms with E-state index in [0.717, 1.165) is 12.1 Å². The number of anilines is 2. The van der Waals surface area contributed by atoms with E-state index in [2.05, 4.69) is 15.0 Å². The predicted octanol–water partition coefficient (Wildman–Crippen LogP) is 4.49. The van der Waals surface area contributed by atoms with Gasteiger partial charge in [-0.25, -0.2) is 15.0 Å². The Morgan fingerprint density at radius 2 is 1.88 bits per heavy atom. The molecule has 4 rings (SSSR count). The van der Waals surface area contributed by atoms with E-state index >= 15 is 0 Å². The number of piperazine rings is 1. The third kappa shape index (κ3) is 4.10. The molecule has 0 aliphatic carbocycles. The van der Waals surface area contributed by atoms with Gasteiger partial charge in [0.1, 0.15) is 18.0 Å². The number of aromatic nitrogens is 3. The number of hydrogen-bond donors (Lipinski definition) is 2. The van der Waals surface area contributed by atoms with E-state index in [1.165, 1.54) is 12.4 Å². The summed E-state index contributed by atoms with van der Waals surface area (Å²) in [5.74, 6) is 0.800. The summed E-state index contributed by atoms with van der Waals surface area (Å²) in [6, 6.07) is 5.03. The fraction of sp³-hybridized carbons (Fsp3) is 0.286. The average Bonchev–Trinajstić information content (AvgIpc) is 2.77. The van der Waals surface area contributed by atoms with Crippen molar-refractivity contribution in [3.05, 3.63) is 53.1 Å². The summed E-state index contributed by atoms with van der Waals surface area (Å²) < 4.78 is 40.7. The number of rotatable bonds is 3. The van der Waals surface area contributed by atoms with Gasteiger partial charge in [-0.1, -0.05) is 11.6 Å². The molecule has 7 nitrogen and oxygen atoms in total. The van der Waals surface area contributed by atoms with Gasteiger partial charge in [0.25, 0.3) is 0 Å². The van der Waals surface area contributed by atoms with E-state index in [9.17, 15) is 18.3 Å². The molecule has 2 aromatic heterocycles. The molecule has 11 heteroatoms. The number of allylic oxidation sites excluding steroid dienone is 1. The van der Waals surface area contributed by atoms with E-state index < -0.39 is 11.7 Å². The Hall–Kier alpha value is -3.27. The molecule has 1 aliphatic heterocycles. The van der Waals surface area contributed by atoms with Crippen LogP contribution in [0.3, 0.4) is 0 Å². The number of benzene rings is 1. The van der Waals surface area contributed by atoms with Crippen molar-refractivity contribution in [3.8, 4) is 11.3 Å². The lowest BCUT2D eigenvalue weighted by Crippen LogP contribution is -2.46. The Kier molecular flexibility index (Phi) is 5.72. The minimum absolute atomic E-state index is 0.0465. The molecule has 1 aliphatic rings. The van der Waals surface area contributed by atoms with Crippen molar-refractivity contribution < 1.29 is 18.3 Å². The zero-order valence-corrected chi connectivity index (χ0v) is 17.8. The molecule has 0 spiro atoms. The number of fused-ring (bicyclic) bond motifs is 1. The summed E-state index contributed by atoms with van der Waals surface area (Å²) in [6.45, 7) is 4.14. The molecule has 168 valence electrons. The maximum absolute atomic E-state index is 13.6. The normalized spacial score (nSPS) is 15.5. The molecular formula is C21H20ClF3N6O. The molecule has 32 heavy (non-hydrogen) atoms. The van der Waals surface area contributed by atoms with E-state index in [4.69, 9.17) is 17.3 Å². The van der Waals surface area contributed by atoms with Gasteiger partial charge in [-0.3, -0.25) is 0 Å². The summed E-state index contributed by atoms with van der Waals surface area (Å²) in [4.78, 5) is 16.4. The van der Waals surface area contributed by atoms with Crippen molar-refractivity contribution in [3.63, 3.8) is 0 Å².